The second-order valence-corrected chi connectivity index (χ2v) is 6.85. The minimum absolute atomic E-state index is 0.166. The van der Waals surface area contributed by atoms with E-state index < -0.39 is 29.5 Å². The average molecular weight is 415 g/mol. The second kappa shape index (κ2) is 10.1. The van der Waals surface area contributed by atoms with Crippen molar-refractivity contribution in [1.29, 1.82) is 0 Å². The number of Topliss-reactive ketones (excluding diaryl/α,β-unsaturated/α-hetero) is 2. The fraction of sp³-hybridized carbons (Fsp3) is 0.120. The van der Waals surface area contributed by atoms with Crippen molar-refractivity contribution < 1.29 is 23.9 Å². The molecule has 0 saturated carbocycles. The van der Waals surface area contributed by atoms with Crippen molar-refractivity contribution in [2.75, 3.05) is 0 Å². The van der Waals surface area contributed by atoms with E-state index in [0.717, 1.165) is 5.56 Å². The van der Waals surface area contributed by atoms with Gasteiger partial charge in [-0.1, -0.05) is 72.8 Å². The van der Waals surface area contributed by atoms with Gasteiger partial charge in [0.05, 0.1) is 5.56 Å². The van der Waals surface area contributed by atoms with Crippen LogP contribution in [-0.4, -0.2) is 29.5 Å². The summed E-state index contributed by atoms with van der Waals surface area (Å²) in [7, 11) is 0. The number of rotatable bonds is 8. The van der Waals surface area contributed by atoms with Crippen molar-refractivity contribution in [3.8, 4) is 0 Å². The molecule has 1 amide bonds. The zero-order valence-electron chi connectivity index (χ0n) is 16.9. The zero-order valence-corrected chi connectivity index (χ0v) is 16.9. The fourth-order valence-corrected chi connectivity index (χ4v) is 2.82. The Kier molecular flexibility index (Phi) is 7.06. The van der Waals surface area contributed by atoms with Crippen molar-refractivity contribution in [2.24, 2.45) is 0 Å². The first-order chi connectivity index (χ1) is 15.0. The highest BCUT2D eigenvalue weighted by Crippen LogP contribution is 2.11. The minimum atomic E-state index is -0.989. The maximum Gasteiger partial charge on any atom is 0.338 e. The van der Waals surface area contributed by atoms with Gasteiger partial charge in [-0.25, -0.2) is 4.79 Å². The monoisotopic (exact) mass is 415 g/mol. The summed E-state index contributed by atoms with van der Waals surface area (Å²) < 4.78 is 5.20. The Morgan fingerprint density at radius 1 is 0.710 bits per heavy atom. The molecule has 0 aromatic heterocycles. The van der Waals surface area contributed by atoms with E-state index in [-0.39, 0.29) is 11.1 Å². The molecule has 0 fully saturated rings. The average Bonchev–Trinajstić information content (AvgIpc) is 2.82. The molecule has 0 heterocycles. The van der Waals surface area contributed by atoms with Gasteiger partial charge in [-0.15, -0.1) is 0 Å². The molecule has 0 aliphatic rings. The molecule has 31 heavy (non-hydrogen) atoms. The summed E-state index contributed by atoms with van der Waals surface area (Å²) in [4.78, 5) is 49.1. The van der Waals surface area contributed by atoms with E-state index in [4.69, 9.17) is 4.74 Å². The number of carbonyl (C=O) groups excluding carboxylic acids is 4. The highest BCUT2D eigenvalue weighted by molar-refractivity contribution is 6.49. The number of esters is 1. The summed E-state index contributed by atoms with van der Waals surface area (Å²) in [5.74, 6) is -2.41. The minimum Gasteiger partial charge on any atom is -0.449 e. The molecule has 0 aliphatic heterocycles. The van der Waals surface area contributed by atoms with Crippen LogP contribution in [0.15, 0.2) is 84.9 Å². The molecule has 6 heteroatoms. The smallest absolute Gasteiger partial charge is 0.338 e. The molecule has 3 rings (SSSR count). The van der Waals surface area contributed by atoms with Crippen LogP contribution in [0.2, 0.25) is 0 Å². The Hall–Kier alpha value is -4.06. The summed E-state index contributed by atoms with van der Waals surface area (Å²) >= 11 is 0. The van der Waals surface area contributed by atoms with E-state index in [9.17, 15) is 19.2 Å². The lowest BCUT2D eigenvalue weighted by molar-refractivity contribution is -0.129. The largest absolute Gasteiger partial charge is 0.449 e. The van der Waals surface area contributed by atoms with Gasteiger partial charge in [-0.05, 0) is 24.6 Å². The molecule has 0 radical (unpaired) electrons. The number of ether oxygens (including phenoxy) is 1. The molecular weight excluding hydrogens is 394 g/mol. The number of carbonyl (C=O) groups is 4. The van der Waals surface area contributed by atoms with Crippen LogP contribution in [0.3, 0.4) is 0 Å². The van der Waals surface area contributed by atoms with Gasteiger partial charge >= 0.3 is 5.97 Å². The maximum absolute atomic E-state index is 12.4. The van der Waals surface area contributed by atoms with Gasteiger partial charge in [0.1, 0.15) is 0 Å². The summed E-state index contributed by atoms with van der Waals surface area (Å²) in [5, 5.41) is 2.71. The summed E-state index contributed by atoms with van der Waals surface area (Å²) in [5.41, 5.74) is 1.57. The molecule has 0 spiro atoms. The molecule has 0 saturated heterocycles. The SMILES string of the molecule is C[C@H](OC(=O)c1ccc(C(=O)C(=O)c2ccccc2)cc1)C(=O)NCc1ccccc1. The third-order valence-electron chi connectivity index (χ3n) is 4.59. The van der Waals surface area contributed by atoms with Crippen molar-refractivity contribution in [3.05, 3.63) is 107 Å². The van der Waals surface area contributed by atoms with E-state index in [1.54, 1.807) is 30.3 Å². The topological polar surface area (TPSA) is 89.5 Å². The molecule has 156 valence electrons. The number of nitrogens with one attached hydrogen (secondary N) is 1. The van der Waals surface area contributed by atoms with Crippen LogP contribution in [0.1, 0.15) is 43.6 Å². The third-order valence-corrected chi connectivity index (χ3v) is 4.59. The lowest BCUT2D eigenvalue weighted by atomic mass is 10.0. The number of hydrogen-bond donors (Lipinski definition) is 1. The van der Waals surface area contributed by atoms with Crippen molar-refractivity contribution in [1.82, 2.24) is 5.32 Å². The summed E-state index contributed by atoms with van der Waals surface area (Å²) in [6, 6.07) is 23.2. The summed E-state index contributed by atoms with van der Waals surface area (Å²) in [6.45, 7) is 1.81. The van der Waals surface area contributed by atoms with Crippen molar-refractivity contribution in [3.63, 3.8) is 0 Å². The first-order valence-electron chi connectivity index (χ1n) is 9.72. The first-order valence-corrected chi connectivity index (χ1v) is 9.72. The van der Waals surface area contributed by atoms with E-state index in [1.165, 1.54) is 31.2 Å². The number of ketones is 2. The van der Waals surface area contributed by atoms with E-state index >= 15 is 0 Å². The lowest BCUT2D eigenvalue weighted by Gasteiger charge is -2.13. The van der Waals surface area contributed by atoms with E-state index in [0.29, 0.717) is 12.1 Å². The molecule has 0 aliphatic carbocycles. The third kappa shape index (κ3) is 5.73. The summed E-state index contributed by atoms with van der Waals surface area (Å²) in [6.07, 6.45) is -0.989. The van der Waals surface area contributed by atoms with Gasteiger partial charge in [-0.3, -0.25) is 14.4 Å². The molecule has 0 bridgehead atoms. The second-order valence-electron chi connectivity index (χ2n) is 6.85. The van der Waals surface area contributed by atoms with Gasteiger partial charge < -0.3 is 10.1 Å². The molecule has 3 aromatic carbocycles. The maximum atomic E-state index is 12.4. The molecule has 3 aromatic rings. The Balaban J connectivity index is 1.56. The highest BCUT2D eigenvalue weighted by atomic mass is 16.5. The first kappa shape index (κ1) is 21.6. The quantitative estimate of drug-likeness (QED) is 0.345. The van der Waals surface area contributed by atoms with E-state index in [1.807, 2.05) is 30.3 Å². The fourth-order valence-electron chi connectivity index (χ4n) is 2.82. The van der Waals surface area contributed by atoms with Crippen LogP contribution in [0.25, 0.3) is 0 Å². The van der Waals surface area contributed by atoms with Crippen LogP contribution in [0, 0.1) is 0 Å². The normalized spacial score (nSPS) is 11.3. The molecule has 1 atom stereocenters. The number of amides is 1. The van der Waals surface area contributed by atoms with Gasteiger partial charge in [0.2, 0.25) is 11.6 Å². The lowest BCUT2D eigenvalue weighted by Crippen LogP contribution is -2.35. The van der Waals surface area contributed by atoms with Gasteiger partial charge in [0.15, 0.2) is 6.10 Å². The molecule has 6 nitrogen and oxygen atoms in total. The molecule has 1 N–H and O–H groups in total. The van der Waals surface area contributed by atoms with Gasteiger partial charge in [0.25, 0.3) is 5.91 Å². The Morgan fingerprint density at radius 2 is 1.19 bits per heavy atom. The zero-order chi connectivity index (χ0) is 22.2. The van der Waals surface area contributed by atoms with Crippen LogP contribution in [0.4, 0.5) is 0 Å². The predicted octanol–water partition coefficient (Wildman–Crippen LogP) is 3.61. The Bertz CT molecular complexity index is 1080. The number of benzene rings is 3. The Labute approximate surface area is 179 Å². The van der Waals surface area contributed by atoms with Gasteiger partial charge in [0, 0.05) is 17.7 Å². The number of hydrogen-bond acceptors (Lipinski definition) is 5. The Morgan fingerprint density at radius 3 is 1.77 bits per heavy atom. The van der Waals surface area contributed by atoms with Gasteiger partial charge in [-0.2, -0.15) is 0 Å². The van der Waals surface area contributed by atoms with E-state index in [2.05, 4.69) is 5.32 Å². The van der Waals surface area contributed by atoms with Crippen molar-refractivity contribution >= 4 is 23.4 Å². The predicted molar refractivity (Wildman–Crippen MR) is 115 cm³/mol. The standard InChI is InChI=1S/C25H21NO5/c1-17(24(29)26-16-18-8-4-2-5-9-18)31-25(30)21-14-12-20(13-15-21)23(28)22(27)19-10-6-3-7-11-19/h2-15,17H,16H2,1H3,(H,26,29)/t17-/m0/s1. The molecule has 0 unspecified atom stereocenters. The van der Waals surface area contributed by atoms with Crippen LogP contribution in [0.5, 0.6) is 0 Å². The van der Waals surface area contributed by atoms with Crippen molar-refractivity contribution in [2.45, 2.75) is 19.6 Å². The van der Waals surface area contributed by atoms with Crippen LogP contribution >= 0.6 is 0 Å². The molecular formula is C25H21NO5. The van der Waals surface area contributed by atoms with Crippen LogP contribution in [-0.2, 0) is 16.1 Å². The van der Waals surface area contributed by atoms with Crippen LogP contribution < -0.4 is 5.32 Å². The highest BCUT2D eigenvalue weighted by Gasteiger charge is 2.21.